The summed E-state index contributed by atoms with van der Waals surface area (Å²) in [5.41, 5.74) is 5.70. The van der Waals surface area contributed by atoms with Gasteiger partial charge in [-0.1, -0.05) is 19.8 Å². The van der Waals surface area contributed by atoms with Gasteiger partial charge in [-0.05, 0) is 31.1 Å². The van der Waals surface area contributed by atoms with Gasteiger partial charge in [-0.2, -0.15) is 0 Å². The predicted molar refractivity (Wildman–Crippen MR) is 60.3 cm³/mol. The van der Waals surface area contributed by atoms with Crippen molar-refractivity contribution in [2.24, 2.45) is 17.6 Å². The van der Waals surface area contributed by atoms with Crippen molar-refractivity contribution >= 4 is 5.91 Å². The van der Waals surface area contributed by atoms with Gasteiger partial charge in [0, 0.05) is 13.1 Å². The largest absolute Gasteiger partial charge is 0.341 e. The van der Waals surface area contributed by atoms with Crippen molar-refractivity contribution < 1.29 is 4.79 Å². The Hall–Kier alpha value is -0.570. The standard InChI is InChI=1S/C12H22N2O/c1-9-2-4-10(5-3-9)8-14-7-6-11(13)12(14)15/h9-11H,2-8,13H2,1H3. The van der Waals surface area contributed by atoms with Gasteiger partial charge in [0.15, 0.2) is 0 Å². The second-order valence-corrected chi connectivity index (χ2v) is 5.31. The lowest BCUT2D eigenvalue weighted by molar-refractivity contribution is -0.129. The summed E-state index contributed by atoms with van der Waals surface area (Å²) in [5.74, 6) is 1.79. The molecule has 3 nitrogen and oxygen atoms in total. The predicted octanol–water partition coefficient (Wildman–Crippen LogP) is 1.37. The van der Waals surface area contributed by atoms with Crippen LogP contribution in [0.3, 0.4) is 0 Å². The molecule has 0 aromatic carbocycles. The number of likely N-dealkylation sites (tertiary alicyclic amines) is 1. The molecule has 86 valence electrons. The van der Waals surface area contributed by atoms with Crippen LogP contribution < -0.4 is 5.73 Å². The Balaban J connectivity index is 1.80. The number of hydrogen-bond donors (Lipinski definition) is 1. The fraction of sp³-hybridized carbons (Fsp3) is 0.917. The van der Waals surface area contributed by atoms with Crippen molar-refractivity contribution in [1.29, 1.82) is 0 Å². The smallest absolute Gasteiger partial charge is 0.239 e. The molecular formula is C12H22N2O. The molecular weight excluding hydrogens is 188 g/mol. The number of hydrogen-bond acceptors (Lipinski definition) is 2. The van der Waals surface area contributed by atoms with Gasteiger partial charge in [0.05, 0.1) is 6.04 Å². The van der Waals surface area contributed by atoms with E-state index < -0.39 is 0 Å². The van der Waals surface area contributed by atoms with Crippen LogP contribution in [-0.2, 0) is 4.79 Å². The molecule has 0 aromatic heterocycles. The van der Waals surface area contributed by atoms with Crippen molar-refractivity contribution in [2.75, 3.05) is 13.1 Å². The summed E-state index contributed by atoms with van der Waals surface area (Å²) in [7, 11) is 0. The lowest BCUT2D eigenvalue weighted by Gasteiger charge is -2.29. The van der Waals surface area contributed by atoms with E-state index in [4.69, 9.17) is 5.73 Å². The van der Waals surface area contributed by atoms with Gasteiger partial charge in [-0.15, -0.1) is 0 Å². The topological polar surface area (TPSA) is 46.3 Å². The average molecular weight is 210 g/mol. The Bertz CT molecular complexity index is 234. The molecule has 2 aliphatic rings. The Labute approximate surface area is 92.0 Å². The van der Waals surface area contributed by atoms with Crippen LogP contribution in [0.5, 0.6) is 0 Å². The lowest BCUT2D eigenvalue weighted by atomic mass is 9.83. The fourth-order valence-corrected chi connectivity index (χ4v) is 2.77. The van der Waals surface area contributed by atoms with Gasteiger partial charge >= 0.3 is 0 Å². The third kappa shape index (κ3) is 2.51. The van der Waals surface area contributed by atoms with Crippen LogP contribution in [0.4, 0.5) is 0 Å². The highest BCUT2D eigenvalue weighted by atomic mass is 16.2. The summed E-state index contributed by atoms with van der Waals surface area (Å²) in [6.45, 7) is 4.17. The minimum atomic E-state index is -0.215. The Kier molecular flexibility index (Phi) is 3.29. The van der Waals surface area contributed by atoms with E-state index in [0.29, 0.717) is 0 Å². The van der Waals surface area contributed by atoms with E-state index in [-0.39, 0.29) is 11.9 Å². The number of nitrogens with two attached hydrogens (primary N) is 1. The van der Waals surface area contributed by atoms with Crippen LogP contribution in [0.1, 0.15) is 39.0 Å². The first-order chi connectivity index (χ1) is 7.16. The number of carbonyl (C=O) groups is 1. The van der Waals surface area contributed by atoms with Crippen LogP contribution in [0.2, 0.25) is 0 Å². The maximum Gasteiger partial charge on any atom is 0.239 e. The second kappa shape index (κ2) is 4.52. The lowest BCUT2D eigenvalue weighted by Crippen LogP contribution is -2.37. The van der Waals surface area contributed by atoms with Crippen LogP contribution in [0.25, 0.3) is 0 Å². The third-order valence-electron chi connectivity index (χ3n) is 3.95. The molecule has 0 aromatic rings. The minimum Gasteiger partial charge on any atom is -0.341 e. The number of amides is 1. The maximum atomic E-state index is 11.6. The van der Waals surface area contributed by atoms with E-state index in [2.05, 4.69) is 6.92 Å². The van der Waals surface area contributed by atoms with Gasteiger partial charge in [0.1, 0.15) is 0 Å². The summed E-state index contributed by atoms with van der Waals surface area (Å²) in [4.78, 5) is 13.6. The summed E-state index contributed by atoms with van der Waals surface area (Å²) in [6, 6.07) is -0.215. The fourth-order valence-electron chi connectivity index (χ4n) is 2.77. The van der Waals surface area contributed by atoms with E-state index >= 15 is 0 Å². The molecule has 0 radical (unpaired) electrons. The Morgan fingerprint density at radius 1 is 1.27 bits per heavy atom. The molecule has 3 heteroatoms. The van der Waals surface area contributed by atoms with Crippen LogP contribution in [0.15, 0.2) is 0 Å². The monoisotopic (exact) mass is 210 g/mol. The summed E-state index contributed by atoms with van der Waals surface area (Å²) in [6.07, 6.45) is 6.10. The first-order valence-electron chi connectivity index (χ1n) is 6.21. The van der Waals surface area contributed by atoms with Crippen molar-refractivity contribution in [3.05, 3.63) is 0 Å². The maximum absolute atomic E-state index is 11.6. The van der Waals surface area contributed by atoms with Gasteiger partial charge in [-0.3, -0.25) is 4.79 Å². The van der Waals surface area contributed by atoms with Crippen molar-refractivity contribution in [3.8, 4) is 0 Å². The van der Waals surface area contributed by atoms with Crippen LogP contribution in [-0.4, -0.2) is 29.9 Å². The zero-order valence-corrected chi connectivity index (χ0v) is 9.61. The summed E-state index contributed by atoms with van der Waals surface area (Å²) >= 11 is 0. The zero-order chi connectivity index (χ0) is 10.8. The highest BCUT2D eigenvalue weighted by molar-refractivity contribution is 5.83. The van der Waals surface area contributed by atoms with Gasteiger partial charge < -0.3 is 10.6 Å². The molecule has 1 aliphatic carbocycles. The molecule has 0 spiro atoms. The molecule has 0 bridgehead atoms. The summed E-state index contributed by atoms with van der Waals surface area (Å²) < 4.78 is 0. The number of carbonyl (C=O) groups excluding carboxylic acids is 1. The SMILES string of the molecule is CC1CCC(CN2CCC(N)C2=O)CC1. The molecule has 2 fully saturated rings. The van der Waals surface area contributed by atoms with Gasteiger partial charge in [0.25, 0.3) is 0 Å². The Morgan fingerprint density at radius 2 is 1.93 bits per heavy atom. The van der Waals surface area contributed by atoms with Crippen LogP contribution >= 0.6 is 0 Å². The normalized spacial score (nSPS) is 37.3. The molecule has 2 rings (SSSR count). The molecule has 1 aliphatic heterocycles. The molecule has 1 amide bonds. The first-order valence-corrected chi connectivity index (χ1v) is 6.21. The second-order valence-electron chi connectivity index (χ2n) is 5.31. The molecule has 1 saturated heterocycles. The van der Waals surface area contributed by atoms with Gasteiger partial charge in [-0.25, -0.2) is 0 Å². The first kappa shape index (κ1) is 10.9. The molecule has 15 heavy (non-hydrogen) atoms. The van der Waals surface area contributed by atoms with E-state index in [1.165, 1.54) is 25.7 Å². The van der Waals surface area contributed by atoms with Crippen LogP contribution in [0, 0.1) is 11.8 Å². The van der Waals surface area contributed by atoms with Gasteiger partial charge in [0.2, 0.25) is 5.91 Å². The van der Waals surface area contributed by atoms with Crippen molar-refractivity contribution in [3.63, 3.8) is 0 Å². The van der Waals surface area contributed by atoms with E-state index in [1.807, 2.05) is 4.90 Å². The van der Waals surface area contributed by atoms with E-state index in [9.17, 15) is 4.79 Å². The zero-order valence-electron chi connectivity index (χ0n) is 9.61. The molecule has 1 atom stereocenters. The minimum absolute atomic E-state index is 0.175. The number of nitrogens with zero attached hydrogens (tertiary/aromatic N) is 1. The Morgan fingerprint density at radius 3 is 2.47 bits per heavy atom. The van der Waals surface area contributed by atoms with Crippen molar-refractivity contribution in [1.82, 2.24) is 4.90 Å². The van der Waals surface area contributed by atoms with Crippen molar-refractivity contribution in [2.45, 2.75) is 45.1 Å². The van der Waals surface area contributed by atoms with E-state index in [0.717, 1.165) is 31.3 Å². The quantitative estimate of drug-likeness (QED) is 0.748. The summed E-state index contributed by atoms with van der Waals surface area (Å²) in [5, 5.41) is 0. The molecule has 1 unspecified atom stereocenters. The molecule has 2 N–H and O–H groups in total. The molecule has 1 heterocycles. The highest BCUT2D eigenvalue weighted by Gasteiger charge is 2.30. The number of rotatable bonds is 2. The molecule has 1 saturated carbocycles. The highest BCUT2D eigenvalue weighted by Crippen LogP contribution is 2.29. The van der Waals surface area contributed by atoms with E-state index in [1.54, 1.807) is 0 Å². The average Bonchev–Trinajstić information content (AvgIpc) is 2.53. The third-order valence-corrected chi connectivity index (χ3v) is 3.95.